The fourth-order valence-corrected chi connectivity index (χ4v) is 3.30. The number of hydrogen-bond acceptors (Lipinski definition) is 6. The molecule has 0 spiro atoms. The lowest BCUT2D eigenvalue weighted by Crippen LogP contribution is -2.25. The summed E-state index contributed by atoms with van der Waals surface area (Å²) in [6, 6.07) is 5.71. The van der Waals surface area contributed by atoms with Crippen molar-refractivity contribution in [3.05, 3.63) is 69.6 Å². The van der Waals surface area contributed by atoms with E-state index >= 15 is 0 Å². The Morgan fingerprint density at radius 2 is 1.75 bits per heavy atom. The molecule has 168 valence electrons. The van der Waals surface area contributed by atoms with Crippen molar-refractivity contribution in [1.29, 1.82) is 0 Å². The van der Waals surface area contributed by atoms with E-state index < -0.39 is 23.5 Å². The van der Waals surface area contributed by atoms with Gasteiger partial charge in [0.2, 0.25) is 11.7 Å². The van der Waals surface area contributed by atoms with Gasteiger partial charge in [0.25, 0.3) is 0 Å². The summed E-state index contributed by atoms with van der Waals surface area (Å²) in [7, 11) is 1.28. The van der Waals surface area contributed by atoms with Gasteiger partial charge in [0.05, 0.1) is 19.9 Å². The van der Waals surface area contributed by atoms with Crippen LogP contribution in [0, 0.1) is 11.6 Å². The van der Waals surface area contributed by atoms with Gasteiger partial charge in [-0.1, -0.05) is 6.92 Å². The zero-order chi connectivity index (χ0) is 23.0. The number of anilines is 2. The van der Waals surface area contributed by atoms with Gasteiger partial charge in [-0.25, -0.2) is 8.78 Å². The minimum atomic E-state index is -3.78. The zero-order valence-electron chi connectivity index (χ0n) is 16.9. The highest BCUT2D eigenvalue weighted by molar-refractivity contribution is 5.66. The average Bonchev–Trinajstić information content (AvgIpc) is 3.01. The largest absolute Gasteiger partial charge is 0.586 e. The first kappa shape index (κ1) is 21.5. The molecule has 1 aromatic heterocycles. The Labute approximate surface area is 179 Å². The number of fused-ring (bicyclic) bond motifs is 1. The molecular formula is C21H17F4N3O4. The molecule has 0 saturated heterocycles. The standard InChI is InChI=1S/C21H17F4N3O4/c1-3-12-6-16-17(32-21(24,25)31-16)8-15(12)26-20-27-19(29)18(30-2)10-28(20)9-11-4-13(22)7-14(23)5-11/h4-8,10H,3,9H2,1-2H3,(H,26,27,29). The number of ether oxygens (including phenoxy) is 3. The second kappa shape index (κ2) is 8.06. The first-order chi connectivity index (χ1) is 15.2. The highest BCUT2D eigenvalue weighted by atomic mass is 19.3. The van der Waals surface area contributed by atoms with E-state index in [2.05, 4.69) is 19.8 Å². The van der Waals surface area contributed by atoms with Crippen molar-refractivity contribution >= 4 is 11.6 Å². The maximum Gasteiger partial charge on any atom is 0.586 e. The molecule has 1 N–H and O–H groups in total. The van der Waals surface area contributed by atoms with Crippen molar-refractivity contribution < 1.29 is 31.8 Å². The molecule has 0 unspecified atom stereocenters. The number of benzene rings is 2. The van der Waals surface area contributed by atoms with E-state index in [4.69, 9.17) is 4.74 Å². The summed E-state index contributed by atoms with van der Waals surface area (Å²) < 4.78 is 69.5. The lowest BCUT2D eigenvalue weighted by atomic mass is 10.1. The van der Waals surface area contributed by atoms with Crippen LogP contribution < -0.4 is 25.1 Å². The van der Waals surface area contributed by atoms with E-state index in [9.17, 15) is 22.4 Å². The summed E-state index contributed by atoms with van der Waals surface area (Å²) in [5.74, 6) is -1.92. The van der Waals surface area contributed by atoms with Crippen LogP contribution in [-0.4, -0.2) is 23.0 Å². The number of rotatable bonds is 6. The summed E-state index contributed by atoms with van der Waals surface area (Å²) in [6.07, 6.45) is -2.03. The Hall–Kier alpha value is -3.76. The number of aromatic nitrogens is 2. The second-order valence-electron chi connectivity index (χ2n) is 6.95. The molecule has 3 aromatic rings. The van der Waals surface area contributed by atoms with Crippen molar-refractivity contribution in [2.24, 2.45) is 0 Å². The van der Waals surface area contributed by atoms with Gasteiger partial charge in [0.1, 0.15) is 11.6 Å². The van der Waals surface area contributed by atoms with E-state index in [1.807, 2.05) is 0 Å². The van der Waals surface area contributed by atoms with Crippen molar-refractivity contribution in [2.75, 3.05) is 12.4 Å². The number of alkyl halides is 2. The molecule has 0 radical (unpaired) electrons. The molecular weight excluding hydrogens is 434 g/mol. The summed E-state index contributed by atoms with van der Waals surface area (Å²) in [5, 5.41) is 2.92. The van der Waals surface area contributed by atoms with Crippen molar-refractivity contribution in [1.82, 2.24) is 9.55 Å². The molecule has 0 atom stereocenters. The van der Waals surface area contributed by atoms with E-state index in [1.54, 1.807) is 6.92 Å². The maximum absolute atomic E-state index is 13.6. The van der Waals surface area contributed by atoms with Crippen LogP contribution in [0.4, 0.5) is 29.2 Å². The molecule has 1 aliphatic heterocycles. The Kier molecular flexibility index (Phi) is 5.41. The number of aryl methyl sites for hydroxylation is 1. The molecule has 2 heterocycles. The predicted octanol–water partition coefficient (Wildman–Crippen LogP) is 4.21. The van der Waals surface area contributed by atoms with Gasteiger partial charge in [-0.2, -0.15) is 4.98 Å². The van der Waals surface area contributed by atoms with Crippen LogP contribution in [0.1, 0.15) is 18.1 Å². The number of nitrogens with one attached hydrogen (secondary N) is 1. The van der Waals surface area contributed by atoms with E-state index in [0.717, 1.165) is 18.2 Å². The molecule has 7 nitrogen and oxygen atoms in total. The molecule has 0 fully saturated rings. The highest BCUT2D eigenvalue weighted by Gasteiger charge is 2.43. The van der Waals surface area contributed by atoms with E-state index in [1.165, 1.54) is 30.0 Å². The normalized spacial score (nSPS) is 13.8. The fourth-order valence-electron chi connectivity index (χ4n) is 3.30. The monoisotopic (exact) mass is 451 g/mol. The molecule has 4 rings (SSSR count). The van der Waals surface area contributed by atoms with Gasteiger partial charge in [0, 0.05) is 17.8 Å². The third-order valence-electron chi connectivity index (χ3n) is 4.71. The minimum Gasteiger partial charge on any atom is -0.490 e. The lowest BCUT2D eigenvalue weighted by molar-refractivity contribution is -0.286. The summed E-state index contributed by atoms with van der Waals surface area (Å²) >= 11 is 0. The zero-order valence-corrected chi connectivity index (χ0v) is 16.9. The molecule has 0 saturated carbocycles. The van der Waals surface area contributed by atoms with Crippen LogP contribution >= 0.6 is 0 Å². The molecule has 0 bridgehead atoms. The van der Waals surface area contributed by atoms with E-state index in [0.29, 0.717) is 17.7 Å². The molecule has 32 heavy (non-hydrogen) atoms. The predicted molar refractivity (Wildman–Crippen MR) is 106 cm³/mol. The number of hydrogen-bond donors (Lipinski definition) is 1. The molecule has 0 aliphatic carbocycles. The van der Waals surface area contributed by atoms with Crippen LogP contribution in [0.2, 0.25) is 0 Å². The molecule has 11 heteroatoms. The van der Waals surface area contributed by atoms with E-state index in [-0.39, 0.29) is 35.3 Å². The average molecular weight is 451 g/mol. The van der Waals surface area contributed by atoms with Crippen LogP contribution in [0.25, 0.3) is 0 Å². The van der Waals surface area contributed by atoms with Gasteiger partial charge < -0.3 is 24.1 Å². The van der Waals surface area contributed by atoms with Crippen LogP contribution in [0.15, 0.2) is 41.3 Å². The van der Waals surface area contributed by atoms with Gasteiger partial charge in [0.15, 0.2) is 11.5 Å². The topological polar surface area (TPSA) is 74.6 Å². The minimum absolute atomic E-state index is 0.000736. The third-order valence-corrected chi connectivity index (χ3v) is 4.71. The maximum atomic E-state index is 13.6. The smallest absolute Gasteiger partial charge is 0.490 e. The Bertz CT molecular complexity index is 1230. The van der Waals surface area contributed by atoms with Crippen molar-refractivity contribution in [2.45, 2.75) is 26.2 Å². The molecule has 2 aromatic carbocycles. The van der Waals surface area contributed by atoms with Crippen LogP contribution in [0.3, 0.4) is 0 Å². The van der Waals surface area contributed by atoms with Gasteiger partial charge in [-0.3, -0.25) is 4.79 Å². The van der Waals surface area contributed by atoms with Crippen LogP contribution in [0.5, 0.6) is 17.2 Å². The van der Waals surface area contributed by atoms with Crippen LogP contribution in [-0.2, 0) is 13.0 Å². The Balaban J connectivity index is 1.75. The van der Waals surface area contributed by atoms with Gasteiger partial charge in [-0.15, -0.1) is 8.78 Å². The van der Waals surface area contributed by atoms with Crippen molar-refractivity contribution in [3.63, 3.8) is 0 Å². The quantitative estimate of drug-likeness (QED) is 0.566. The lowest BCUT2D eigenvalue weighted by Gasteiger charge is -2.17. The van der Waals surface area contributed by atoms with Crippen molar-refractivity contribution in [3.8, 4) is 17.2 Å². The highest BCUT2D eigenvalue weighted by Crippen LogP contribution is 2.44. The fraction of sp³-hybridized carbons (Fsp3) is 0.238. The first-order valence-electron chi connectivity index (χ1n) is 9.47. The summed E-state index contributed by atoms with van der Waals surface area (Å²) in [5.41, 5.74) is 0.489. The Morgan fingerprint density at radius 1 is 1.09 bits per heavy atom. The van der Waals surface area contributed by atoms with Gasteiger partial charge >= 0.3 is 11.9 Å². The number of nitrogens with zero attached hydrogens (tertiary/aromatic N) is 2. The summed E-state index contributed by atoms with van der Waals surface area (Å²) in [6.45, 7) is 1.73. The number of halogens is 4. The number of methoxy groups -OCH3 is 1. The summed E-state index contributed by atoms with van der Waals surface area (Å²) in [4.78, 5) is 16.2. The third kappa shape index (κ3) is 4.32. The SMILES string of the molecule is CCc1cc2c(cc1Nc1nc(=O)c(OC)cn1Cc1cc(F)cc(F)c1)OC(F)(F)O2. The first-order valence-corrected chi connectivity index (χ1v) is 9.47. The second-order valence-corrected chi connectivity index (χ2v) is 6.95. The van der Waals surface area contributed by atoms with Gasteiger partial charge in [-0.05, 0) is 35.7 Å². The molecule has 0 amide bonds. The molecule has 1 aliphatic rings. The Morgan fingerprint density at radius 3 is 2.38 bits per heavy atom.